The lowest BCUT2D eigenvalue weighted by Crippen LogP contribution is -2.34. The molecule has 1 aromatic carbocycles. The summed E-state index contributed by atoms with van der Waals surface area (Å²) in [6.45, 7) is 2.51. The second-order valence-corrected chi connectivity index (χ2v) is 7.07. The molecule has 0 radical (unpaired) electrons. The molecule has 0 bridgehead atoms. The van der Waals surface area contributed by atoms with E-state index in [0.29, 0.717) is 11.5 Å². The largest absolute Gasteiger partial charge is 0.341 e. The molecular formula is C14H20N2O3S. The van der Waals surface area contributed by atoms with Gasteiger partial charge in [0.25, 0.3) is 5.91 Å². The highest BCUT2D eigenvalue weighted by Gasteiger charge is 2.23. The maximum Gasteiger partial charge on any atom is 0.253 e. The molecule has 1 fully saturated rings. The highest BCUT2D eigenvalue weighted by molar-refractivity contribution is 7.89. The van der Waals surface area contributed by atoms with Gasteiger partial charge in [0.1, 0.15) is 0 Å². The molecule has 110 valence electrons. The van der Waals surface area contributed by atoms with Crippen LogP contribution in [0.3, 0.4) is 0 Å². The maximum atomic E-state index is 12.4. The number of amides is 1. The van der Waals surface area contributed by atoms with Crippen molar-refractivity contribution in [2.75, 3.05) is 13.6 Å². The minimum absolute atomic E-state index is 0.0245. The number of rotatable bonds is 4. The van der Waals surface area contributed by atoms with E-state index in [0.717, 1.165) is 24.9 Å². The van der Waals surface area contributed by atoms with Crippen molar-refractivity contribution in [2.45, 2.75) is 31.1 Å². The Kier molecular flexibility index (Phi) is 4.15. The lowest BCUT2D eigenvalue weighted by molar-refractivity contribution is 0.0744. The van der Waals surface area contributed by atoms with E-state index in [1.165, 1.54) is 18.6 Å². The van der Waals surface area contributed by atoms with Gasteiger partial charge in [0, 0.05) is 19.2 Å². The predicted molar refractivity (Wildman–Crippen MR) is 76.9 cm³/mol. The number of hydrogen-bond donors (Lipinski definition) is 1. The molecule has 1 aliphatic rings. The minimum Gasteiger partial charge on any atom is -0.341 e. The number of nitrogens with two attached hydrogens (primary N) is 1. The summed E-state index contributed by atoms with van der Waals surface area (Å²) in [6.07, 6.45) is 3.55. The van der Waals surface area contributed by atoms with Gasteiger partial charge >= 0.3 is 0 Å². The van der Waals surface area contributed by atoms with E-state index in [1.807, 2.05) is 0 Å². The van der Waals surface area contributed by atoms with Crippen LogP contribution in [-0.2, 0) is 10.0 Å². The Morgan fingerprint density at radius 3 is 2.55 bits per heavy atom. The third kappa shape index (κ3) is 3.19. The van der Waals surface area contributed by atoms with Crippen molar-refractivity contribution in [2.24, 2.45) is 11.1 Å². The molecule has 0 spiro atoms. The molecule has 1 aromatic rings. The maximum absolute atomic E-state index is 12.4. The summed E-state index contributed by atoms with van der Waals surface area (Å²) in [7, 11) is -2.03. The van der Waals surface area contributed by atoms with Gasteiger partial charge in [-0.3, -0.25) is 4.79 Å². The van der Waals surface area contributed by atoms with Crippen LogP contribution in [0.5, 0.6) is 0 Å². The average Bonchev–Trinajstić information content (AvgIpc) is 2.31. The first-order valence-corrected chi connectivity index (χ1v) is 8.22. The monoisotopic (exact) mass is 296 g/mol. The molecule has 0 unspecified atom stereocenters. The Hall–Kier alpha value is -1.40. The summed E-state index contributed by atoms with van der Waals surface area (Å²) < 4.78 is 22.7. The zero-order chi connectivity index (χ0) is 14.9. The molecule has 0 saturated heterocycles. The van der Waals surface area contributed by atoms with Crippen LogP contribution < -0.4 is 5.14 Å². The number of hydrogen-bond acceptors (Lipinski definition) is 3. The lowest BCUT2D eigenvalue weighted by Gasteiger charge is -2.30. The molecule has 2 N–H and O–H groups in total. The van der Waals surface area contributed by atoms with Crippen LogP contribution in [0.15, 0.2) is 23.1 Å². The zero-order valence-corrected chi connectivity index (χ0v) is 12.6. The van der Waals surface area contributed by atoms with Gasteiger partial charge in [-0.05, 0) is 43.4 Å². The topological polar surface area (TPSA) is 80.5 Å². The molecule has 0 aliphatic heterocycles. The number of aryl methyl sites for hydroxylation is 1. The predicted octanol–water partition coefficient (Wildman–Crippen LogP) is 1.51. The summed E-state index contributed by atoms with van der Waals surface area (Å²) in [5, 5.41) is 5.11. The third-order valence-electron chi connectivity index (χ3n) is 3.87. The van der Waals surface area contributed by atoms with Crippen molar-refractivity contribution in [3.63, 3.8) is 0 Å². The Labute approximate surface area is 119 Å². The summed E-state index contributed by atoms with van der Waals surface area (Å²) in [5.74, 6) is 0.422. The first kappa shape index (κ1) is 15.0. The first-order valence-electron chi connectivity index (χ1n) is 6.68. The van der Waals surface area contributed by atoms with Gasteiger partial charge < -0.3 is 4.90 Å². The van der Waals surface area contributed by atoms with Crippen molar-refractivity contribution >= 4 is 15.9 Å². The summed E-state index contributed by atoms with van der Waals surface area (Å²) >= 11 is 0. The highest BCUT2D eigenvalue weighted by atomic mass is 32.2. The van der Waals surface area contributed by atoms with Gasteiger partial charge in [0.2, 0.25) is 10.0 Å². The molecule has 0 atom stereocenters. The molecule has 1 amide bonds. The number of nitrogens with zero attached hydrogens (tertiary/aromatic N) is 1. The van der Waals surface area contributed by atoms with Crippen LogP contribution in [0, 0.1) is 12.8 Å². The molecule has 6 heteroatoms. The fourth-order valence-corrected chi connectivity index (χ4v) is 2.90. The molecular weight excluding hydrogens is 276 g/mol. The van der Waals surface area contributed by atoms with Crippen molar-refractivity contribution in [1.82, 2.24) is 4.90 Å². The van der Waals surface area contributed by atoms with Crippen LogP contribution >= 0.6 is 0 Å². The number of carbonyl (C=O) groups excluding carboxylic acids is 1. The fourth-order valence-electron chi connectivity index (χ4n) is 2.36. The van der Waals surface area contributed by atoms with Gasteiger partial charge in [-0.2, -0.15) is 0 Å². The number of primary sulfonamides is 1. The molecule has 1 aliphatic carbocycles. The van der Waals surface area contributed by atoms with Crippen molar-refractivity contribution in [3.8, 4) is 0 Å². The Balaban J connectivity index is 2.23. The highest BCUT2D eigenvalue weighted by Crippen LogP contribution is 2.27. The van der Waals surface area contributed by atoms with Gasteiger partial charge in [0.15, 0.2) is 0 Å². The van der Waals surface area contributed by atoms with Gasteiger partial charge in [-0.1, -0.05) is 12.5 Å². The molecule has 20 heavy (non-hydrogen) atoms. The van der Waals surface area contributed by atoms with Crippen LogP contribution in [0.1, 0.15) is 35.2 Å². The van der Waals surface area contributed by atoms with E-state index in [1.54, 1.807) is 24.9 Å². The Morgan fingerprint density at radius 1 is 1.40 bits per heavy atom. The van der Waals surface area contributed by atoms with Gasteiger partial charge in [0.05, 0.1) is 4.90 Å². The van der Waals surface area contributed by atoms with Crippen molar-refractivity contribution < 1.29 is 13.2 Å². The zero-order valence-electron chi connectivity index (χ0n) is 11.8. The minimum atomic E-state index is -3.79. The van der Waals surface area contributed by atoms with Gasteiger partial charge in [-0.15, -0.1) is 0 Å². The second kappa shape index (κ2) is 5.54. The van der Waals surface area contributed by atoms with Crippen LogP contribution in [0.4, 0.5) is 0 Å². The van der Waals surface area contributed by atoms with Gasteiger partial charge in [-0.25, -0.2) is 13.6 Å². The average molecular weight is 296 g/mol. The van der Waals surface area contributed by atoms with E-state index in [4.69, 9.17) is 5.14 Å². The number of sulfonamides is 1. The van der Waals surface area contributed by atoms with E-state index in [-0.39, 0.29) is 10.8 Å². The molecule has 0 heterocycles. The molecule has 5 nitrogen and oxygen atoms in total. The fraction of sp³-hybridized carbons (Fsp3) is 0.500. The quantitative estimate of drug-likeness (QED) is 0.914. The summed E-state index contributed by atoms with van der Waals surface area (Å²) in [6, 6.07) is 4.40. The van der Waals surface area contributed by atoms with E-state index in [2.05, 4.69) is 0 Å². The van der Waals surface area contributed by atoms with Crippen LogP contribution in [-0.4, -0.2) is 32.8 Å². The normalized spacial score (nSPS) is 15.8. The van der Waals surface area contributed by atoms with E-state index in [9.17, 15) is 13.2 Å². The van der Waals surface area contributed by atoms with Crippen molar-refractivity contribution in [1.29, 1.82) is 0 Å². The lowest BCUT2D eigenvalue weighted by atomic mass is 9.85. The Morgan fingerprint density at radius 2 is 2.05 bits per heavy atom. The number of carbonyl (C=O) groups is 1. The second-order valence-electron chi connectivity index (χ2n) is 5.50. The standard InChI is InChI=1S/C14H20N2O3S/c1-10-6-7-12(20(15,18)19)8-13(10)14(17)16(2)9-11-4-3-5-11/h6-8,11H,3-5,9H2,1-2H3,(H2,15,18,19). The van der Waals surface area contributed by atoms with E-state index < -0.39 is 10.0 Å². The van der Waals surface area contributed by atoms with Crippen LogP contribution in [0.25, 0.3) is 0 Å². The number of benzene rings is 1. The summed E-state index contributed by atoms with van der Waals surface area (Å²) in [4.78, 5) is 14.1. The first-order chi connectivity index (χ1) is 9.29. The molecule has 0 aromatic heterocycles. The third-order valence-corrected chi connectivity index (χ3v) is 4.78. The Bertz CT molecular complexity index is 621. The molecule has 2 rings (SSSR count). The van der Waals surface area contributed by atoms with E-state index >= 15 is 0 Å². The molecule has 1 saturated carbocycles. The SMILES string of the molecule is Cc1ccc(S(N)(=O)=O)cc1C(=O)N(C)CC1CCC1. The van der Waals surface area contributed by atoms with Crippen LogP contribution in [0.2, 0.25) is 0 Å². The summed E-state index contributed by atoms with van der Waals surface area (Å²) in [5.41, 5.74) is 1.15. The smallest absolute Gasteiger partial charge is 0.253 e. The van der Waals surface area contributed by atoms with Crippen molar-refractivity contribution in [3.05, 3.63) is 29.3 Å².